The van der Waals surface area contributed by atoms with Crippen LogP contribution in [-0.4, -0.2) is 45.6 Å². The van der Waals surface area contributed by atoms with Crippen molar-refractivity contribution in [3.05, 3.63) is 23.7 Å². The Hall–Kier alpha value is -1.70. The highest BCUT2D eigenvalue weighted by Crippen LogP contribution is 2.48. The second kappa shape index (κ2) is 5.40. The van der Waals surface area contributed by atoms with E-state index in [1.165, 1.54) is 13.4 Å². The van der Waals surface area contributed by atoms with Crippen molar-refractivity contribution in [2.75, 3.05) is 7.11 Å². The Morgan fingerprint density at radius 3 is 2.88 bits per heavy atom. The maximum absolute atomic E-state index is 12.2. The number of methoxy groups -OCH3 is 1. The first-order valence-corrected chi connectivity index (χ1v) is 8.19. The minimum atomic E-state index is -0.740. The minimum absolute atomic E-state index is 0.0932. The lowest BCUT2D eigenvalue weighted by molar-refractivity contribution is -0.169. The van der Waals surface area contributed by atoms with E-state index in [2.05, 4.69) is 9.97 Å². The van der Waals surface area contributed by atoms with Crippen molar-refractivity contribution >= 4 is 28.6 Å². The molecule has 0 spiro atoms. The molecule has 24 heavy (non-hydrogen) atoms. The van der Waals surface area contributed by atoms with E-state index in [1.54, 1.807) is 0 Å². The lowest BCUT2D eigenvalue weighted by Crippen LogP contribution is -2.30. The molecule has 0 aromatic carbocycles. The fourth-order valence-corrected chi connectivity index (χ4v) is 4.01. The predicted octanol–water partition coefficient (Wildman–Crippen LogP) is 2.34. The number of esters is 1. The maximum Gasteiger partial charge on any atom is 0.311 e. The van der Waals surface area contributed by atoms with Crippen molar-refractivity contribution < 1.29 is 19.0 Å². The fraction of sp³-hybridized carbons (Fsp3) is 0.562. The van der Waals surface area contributed by atoms with E-state index in [9.17, 15) is 4.79 Å². The Bertz CT molecular complexity index is 806. The molecule has 7 nitrogen and oxygen atoms in total. The molecule has 8 heteroatoms. The second-order valence-corrected chi connectivity index (χ2v) is 6.98. The van der Waals surface area contributed by atoms with Gasteiger partial charge in [-0.25, -0.2) is 9.97 Å². The number of hydrogen-bond donors (Lipinski definition) is 0. The lowest BCUT2D eigenvalue weighted by Gasteiger charge is -2.24. The maximum atomic E-state index is 12.2. The van der Waals surface area contributed by atoms with E-state index in [0.29, 0.717) is 11.6 Å². The zero-order chi connectivity index (χ0) is 17.1. The third kappa shape index (κ3) is 2.30. The van der Waals surface area contributed by atoms with Gasteiger partial charge in [0.05, 0.1) is 24.5 Å². The molecule has 2 aliphatic rings. The van der Waals surface area contributed by atoms with Gasteiger partial charge in [-0.3, -0.25) is 4.79 Å². The topological polar surface area (TPSA) is 75.5 Å². The van der Waals surface area contributed by atoms with Crippen LogP contribution in [0.25, 0.3) is 11.0 Å². The molecular weight excluding hydrogens is 334 g/mol. The van der Waals surface area contributed by atoms with E-state index >= 15 is 0 Å². The Kier molecular flexibility index (Phi) is 3.56. The van der Waals surface area contributed by atoms with E-state index in [4.69, 9.17) is 25.8 Å². The second-order valence-electron chi connectivity index (χ2n) is 6.62. The molecule has 4 rings (SSSR count). The van der Waals surface area contributed by atoms with Gasteiger partial charge < -0.3 is 18.8 Å². The van der Waals surface area contributed by atoms with Gasteiger partial charge in [0.15, 0.2) is 5.79 Å². The van der Waals surface area contributed by atoms with Gasteiger partial charge in [0, 0.05) is 6.20 Å². The molecule has 1 aliphatic heterocycles. The summed E-state index contributed by atoms with van der Waals surface area (Å²) in [5.41, 5.74) is 0.720. The molecule has 2 aromatic rings. The van der Waals surface area contributed by atoms with Gasteiger partial charge in [-0.15, -0.1) is 0 Å². The normalized spacial score (nSPS) is 31.3. The molecular formula is C16H18ClN3O4. The van der Waals surface area contributed by atoms with Gasteiger partial charge >= 0.3 is 5.97 Å². The van der Waals surface area contributed by atoms with Crippen LogP contribution in [0, 0.1) is 5.92 Å². The molecule has 3 heterocycles. The smallest absolute Gasteiger partial charge is 0.311 e. The summed E-state index contributed by atoms with van der Waals surface area (Å²) >= 11 is 6.14. The first-order chi connectivity index (χ1) is 11.4. The summed E-state index contributed by atoms with van der Waals surface area (Å²) in [6.07, 6.45) is 3.30. The summed E-state index contributed by atoms with van der Waals surface area (Å²) in [7, 11) is 1.39. The van der Waals surface area contributed by atoms with Crippen molar-refractivity contribution in [2.24, 2.45) is 5.92 Å². The molecule has 0 N–H and O–H groups in total. The highest BCUT2D eigenvalue weighted by molar-refractivity contribution is 6.33. The molecule has 1 saturated heterocycles. The summed E-state index contributed by atoms with van der Waals surface area (Å²) in [5, 5.41) is 1.18. The van der Waals surface area contributed by atoms with E-state index in [1.807, 2.05) is 30.7 Å². The van der Waals surface area contributed by atoms with Gasteiger partial charge in [-0.1, -0.05) is 11.6 Å². The largest absolute Gasteiger partial charge is 0.469 e. The summed E-state index contributed by atoms with van der Waals surface area (Å²) < 4.78 is 19.0. The quantitative estimate of drug-likeness (QED) is 0.610. The van der Waals surface area contributed by atoms with Crippen LogP contribution >= 0.6 is 11.6 Å². The molecule has 0 unspecified atom stereocenters. The van der Waals surface area contributed by atoms with Gasteiger partial charge in [0.2, 0.25) is 0 Å². The number of hydrogen-bond acceptors (Lipinski definition) is 6. The Labute approximate surface area is 143 Å². The minimum Gasteiger partial charge on any atom is -0.469 e. The van der Waals surface area contributed by atoms with Crippen molar-refractivity contribution in [1.82, 2.24) is 14.5 Å². The first kappa shape index (κ1) is 15.8. The highest BCUT2D eigenvalue weighted by atomic mass is 35.5. The molecule has 0 radical (unpaired) electrons. The number of nitrogens with zero attached hydrogens (tertiary/aromatic N) is 3. The average molecular weight is 352 g/mol. The number of rotatable bonds is 2. The van der Waals surface area contributed by atoms with Crippen LogP contribution in [0.5, 0.6) is 0 Å². The summed E-state index contributed by atoms with van der Waals surface area (Å²) in [6.45, 7) is 3.70. The predicted molar refractivity (Wildman–Crippen MR) is 85.5 cm³/mol. The van der Waals surface area contributed by atoms with E-state index < -0.39 is 5.79 Å². The number of ether oxygens (including phenoxy) is 3. The Balaban J connectivity index is 1.77. The summed E-state index contributed by atoms with van der Waals surface area (Å²) in [5.74, 6) is -1.39. The van der Waals surface area contributed by atoms with Crippen molar-refractivity contribution in [3.63, 3.8) is 0 Å². The number of fused-ring (bicyclic) bond motifs is 2. The Morgan fingerprint density at radius 2 is 2.12 bits per heavy atom. The summed E-state index contributed by atoms with van der Waals surface area (Å²) in [4.78, 5) is 20.5. The molecule has 128 valence electrons. The molecule has 2 fully saturated rings. The highest BCUT2D eigenvalue weighted by Gasteiger charge is 2.57. The van der Waals surface area contributed by atoms with Crippen LogP contribution in [-0.2, 0) is 19.0 Å². The van der Waals surface area contributed by atoms with Crippen molar-refractivity contribution in [3.8, 4) is 0 Å². The molecule has 1 aliphatic carbocycles. The fourth-order valence-electron chi connectivity index (χ4n) is 3.82. The van der Waals surface area contributed by atoms with Gasteiger partial charge in [0.1, 0.15) is 29.3 Å². The van der Waals surface area contributed by atoms with Crippen molar-refractivity contribution in [2.45, 2.75) is 44.3 Å². The van der Waals surface area contributed by atoms with Crippen LogP contribution in [0.2, 0.25) is 5.15 Å². The number of carbonyl (C=O) groups is 1. The van der Waals surface area contributed by atoms with E-state index in [0.717, 1.165) is 11.0 Å². The number of carbonyl (C=O) groups excluding carboxylic acids is 1. The van der Waals surface area contributed by atoms with Gasteiger partial charge in [0.25, 0.3) is 0 Å². The lowest BCUT2D eigenvalue weighted by atomic mass is 10.1. The third-order valence-corrected chi connectivity index (χ3v) is 5.06. The van der Waals surface area contributed by atoms with Gasteiger partial charge in [-0.2, -0.15) is 0 Å². The first-order valence-electron chi connectivity index (χ1n) is 7.82. The van der Waals surface area contributed by atoms with Crippen LogP contribution in [0.15, 0.2) is 18.6 Å². The van der Waals surface area contributed by atoms with Gasteiger partial charge in [-0.05, 0) is 26.3 Å². The molecule has 0 bridgehead atoms. The number of aromatic nitrogens is 3. The van der Waals surface area contributed by atoms with Crippen LogP contribution in [0.3, 0.4) is 0 Å². The molecule has 2 aromatic heterocycles. The standard InChI is InChI=1S/C16H18ClN3O4/c1-16(2)23-11-9(15(21)22-3)6-10(12(11)24-16)20-5-4-8-13(17)18-7-19-14(8)20/h4-5,7,9-12H,6H2,1-3H3/t9-,10+,11+,12-/m0/s1. The van der Waals surface area contributed by atoms with Crippen LogP contribution < -0.4 is 0 Å². The molecule has 1 saturated carbocycles. The molecule has 0 amide bonds. The number of halogens is 1. The van der Waals surface area contributed by atoms with E-state index in [-0.39, 0.29) is 30.1 Å². The van der Waals surface area contributed by atoms with Crippen LogP contribution in [0.4, 0.5) is 0 Å². The van der Waals surface area contributed by atoms with Crippen LogP contribution in [0.1, 0.15) is 26.3 Å². The third-order valence-electron chi connectivity index (χ3n) is 4.76. The SMILES string of the molecule is COC(=O)[C@H]1C[C@@H](n2ccc3c(Cl)ncnc32)[C@@H]2OC(C)(C)O[C@@H]21. The molecule has 4 atom stereocenters. The zero-order valence-corrected chi connectivity index (χ0v) is 14.4. The average Bonchev–Trinajstić information content (AvgIpc) is 3.18. The zero-order valence-electron chi connectivity index (χ0n) is 13.6. The Morgan fingerprint density at radius 1 is 1.38 bits per heavy atom. The monoisotopic (exact) mass is 351 g/mol. The van der Waals surface area contributed by atoms with Crippen molar-refractivity contribution in [1.29, 1.82) is 0 Å². The summed E-state index contributed by atoms with van der Waals surface area (Å²) in [6, 6.07) is 1.78.